The molecule has 6 nitrogen and oxygen atoms in total. The van der Waals surface area contributed by atoms with Gasteiger partial charge >= 0.3 is 12.2 Å². The molecule has 0 atom stereocenters. The van der Waals surface area contributed by atoms with Crippen LogP contribution in [0.25, 0.3) is 0 Å². The minimum absolute atomic E-state index is 0.00959. The number of amides is 3. The lowest BCUT2D eigenvalue weighted by Crippen LogP contribution is -2.50. The van der Waals surface area contributed by atoms with E-state index < -0.39 is 23.7 Å². The van der Waals surface area contributed by atoms with E-state index >= 15 is 0 Å². The summed E-state index contributed by atoms with van der Waals surface area (Å²) in [4.78, 5) is 24.6. The number of ether oxygens (including phenoxy) is 1. The molecule has 0 radical (unpaired) electrons. The highest BCUT2D eigenvalue weighted by Crippen LogP contribution is 2.35. The molecule has 3 amide bonds. The summed E-state index contributed by atoms with van der Waals surface area (Å²) in [5.74, 6) is -0.668. The molecular formula is C16H20F3N3O3. The maximum absolute atomic E-state index is 13.1. The largest absolute Gasteiger partial charge is 0.416 e. The highest BCUT2D eigenvalue weighted by Gasteiger charge is 2.37. The van der Waals surface area contributed by atoms with Gasteiger partial charge in [0.25, 0.3) is 0 Å². The first-order valence-corrected chi connectivity index (χ1v) is 7.65. The van der Waals surface area contributed by atoms with Crippen LogP contribution in [0.2, 0.25) is 0 Å². The monoisotopic (exact) mass is 359 g/mol. The van der Waals surface area contributed by atoms with Crippen LogP contribution in [-0.2, 0) is 22.3 Å². The molecule has 1 aromatic carbocycles. The van der Waals surface area contributed by atoms with E-state index in [1.165, 1.54) is 31.2 Å². The normalized spacial score (nSPS) is 19.9. The number of halogens is 3. The van der Waals surface area contributed by atoms with Crippen LogP contribution in [0, 0.1) is 5.92 Å². The zero-order chi connectivity index (χ0) is 18.8. The number of benzene rings is 1. The van der Waals surface area contributed by atoms with Gasteiger partial charge in [-0.25, -0.2) is 4.79 Å². The van der Waals surface area contributed by atoms with Gasteiger partial charge in [-0.15, -0.1) is 0 Å². The zero-order valence-electron chi connectivity index (χ0n) is 13.9. The number of hydrogen-bond donors (Lipinski definition) is 2. The first kappa shape index (κ1) is 19.0. The molecule has 1 saturated carbocycles. The molecule has 1 aliphatic rings. The number of urea groups is 1. The Morgan fingerprint density at radius 3 is 2.52 bits per heavy atom. The third-order valence-corrected chi connectivity index (χ3v) is 4.35. The van der Waals surface area contributed by atoms with E-state index in [9.17, 15) is 22.8 Å². The van der Waals surface area contributed by atoms with Gasteiger partial charge in [0, 0.05) is 31.8 Å². The Morgan fingerprint density at radius 2 is 2.00 bits per heavy atom. The Labute approximate surface area is 143 Å². The predicted octanol–water partition coefficient (Wildman–Crippen LogP) is 2.58. The average Bonchev–Trinajstić information content (AvgIpc) is 2.45. The Balaban J connectivity index is 2.07. The second-order valence-corrected chi connectivity index (χ2v) is 6.07. The second kappa shape index (κ2) is 7.30. The molecule has 2 rings (SSSR count). The van der Waals surface area contributed by atoms with Gasteiger partial charge in [0.15, 0.2) is 0 Å². The smallest absolute Gasteiger partial charge is 0.380 e. The first-order valence-electron chi connectivity index (χ1n) is 7.65. The number of rotatable bonds is 5. The standard InChI is InChI=1S/C16H20F3N3O3/c1-22(12-5-10(6-12)14(20)23)15(24)21-11-4-3-9(8-25-2)13(7-11)16(17,18)19/h3-4,7,10,12H,5-6,8H2,1-2H3,(H2,20,23)(H,21,24). The van der Waals surface area contributed by atoms with Crippen LogP contribution in [0.1, 0.15) is 24.0 Å². The molecule has 3 N–H and O–H groups in total. The van der Waals surface area contributed by atoms with Crippen molar-refractivity contribution < 1.29 is 27.5 Å². The highest BCUT2D eigenvalue weighted by atomic mass is 19.4. The summed E-state index contributed by atoms with van der Waals surface area (Å²) in [5.41, 5.74) is 4.35. The number of nitrogens with one attached hydrogen (secondary N) is 1. The molecule has 25 heavy (non-hydrogen) atoms. The molecule has 0 heterocycles. The number of carbonyl (C=O) groups excluding carboxylic acids is 2. The van der Waals surface area contributed by atoms with Gasteiger partial charge < -0.3 is 20.7 Å². The third-order valence-electron chi connectivity index (χ3n) is 4.35. The van der Waals surface area contributed by atoms with Crippen LogP contribution < -0.4 is 11.1 Å². The van der Waals surface area contributed by atoms with E-state index in [2.05, 4.69) is 5.32 Å². The van der Waals surface area contributed by atoms with E-state index in [-0.39, 0.29) is 29.8 Å². The van der Waals surface area contributed by atoms with E-state index in [4.69, 9.17) is 10.5 Å². The van der Waals surface area contributed by atoms with Gasteiger partial charge in [-0.05, 0) is 30.5 Å². The average molecular weight is 359 g/mol. The van der Waals surface area contributed by atoms with Crippen LogP contribution in [0.4, 0.5) is 23.7 Å². The van der Waals surface area contributed by atoms with Gasteiger partial charge in [-0.1, -0.05) is 6.07 Å². The number of nitrogens with two attached hydrogens (primary N) is 1. The molecule has 1 aromatic rings. The highest BCUT2D eigenvalue weighted by molar-refractivity contribution is 5.90. The zero-order valence-corrected chi connectivity index (χ0v) is 13.9. The molecule has 0 unspecified atom stereocenters. The molecule has 0 spiro atoms. The molecule has 0 aliphatic heterocycles. The summed E-state index contributed by atoms with van der Waals surface area (Å²) in [6, 6.07) is 2.84. The van der Waals surface area contributed by atoms with Crippen molar-refractivity contribution >= 4 is 17.6 Å². The van der Waals surface area contributed by atoms with Crippen LogP contribution in [0.15, 0.2) is 18.2 Å². The number of carbonyl (C=O) groups is 2. The lowest BCUT2D eigenvalue weighted by molar-refractivity contribution is -0.138. The van der Waals surface area contributed by atoms with Crippen molar-refractivity contribution in [1.29, 1.82) is 0 Å². The maximum atomic E-state index is 13.1. The second-order valence-electron chi connectivity index (χ2n) is 6.07. The Bertz CT molecular complexity index is 658. The summed E-state index contributed by atoms with van der Waals surface area (Å²) in [6.45, 7) is -0.181. The predicted molar refractivity (Wildman–Crippen MR) is 84.6 cm³/mol. The number of nitrogens with zero attached hydrogens (tertiary/aromatic N) is 1. The number of hydrogen-bond acceptors (Lipinski definition) is 3. The quantitative estimate of drug-likeness (QED) is 0.847. The Morgan fingerprint density at radius 1 is 1.36 bits per heavy atom. The molecule has 0 aromatic heterocycles. The first-order chi connectivity index (χ1) is 11.6. The third kappa shape index (κ3) is 4.41. The van der Waals surface area contributed by atoms with Crippen LogP contribution >= 0.6 is 0 Å². The molecule has 1 fully saturated rings. The molecule has 0 saturated heterocycles. The summed E-state index contributed by atoms with van der Waals surface area (Å²) in [5, 5.41) is 2.45. The van der Waals surface area contributed by atoms with E-state index in [0.717, 1.165) is 6.07 Å². The van der Waals surface area contributed by atoms with Crippen LogP contribution in [-0.4, -0.2) is 37.0 Å². The topological polar surface area (TPSA) is 84.7 Å². The van der Waals surface area contributed by atoms with Crippen molar-refractivity contribution in [3.05, 3.63) is 29.3 Å². The SMILES string of the molecule is COCc1ccc(NC(=O)N(C)C2CC(C(N)=O)C2)cc1C(F)(F)F. The molecule has 9 heteroatoms. The van der Waals surface area contributed by atoms with Gasteiger partial charge in [0.1, 0.15) is 0 Å². The Kier molecular flexibility index (Phi) is 5.56. The fourth-order valence-electron chi connectivity index (χ4n) is 2.71. The fourth-order valence-corrected chi connectivity index (χ4v) is 2.71. The summed E-state index contributed by atoms with van der Waals surface area (Å²) in [7, 11) is 2.84. The summed E-state index contributed by atoms with van der Waals surface area (Å²) in [6.07, 6.45) is -3.64. The van der Waals surface area contributed by atoms with Crippen molar-refractivity contribution in [2.75, 3.05) is 19.5 Å². The van der Waals surface area contributed by atoms with Crippen molar-refractivity contribution in [1.82, 2.24) is 4.90 Å². The van der Waals surface area contributed by atoms with Gasteiger partial charge in [0.2, 0.25) is 5.91 Å². The lowest BCUT2D eigenvalue weighted by Gasteiger charge is -2.39. The lowest BCUT2D eigenvalue weighted by atomic mass is 9.79. The number of primary amides is 1. The minimum atomic E-state index is -4.55. The maximum Gasteiger partial charge on any atom is 0.416 e. The molecular weight excluding hydrogens is 339 g/mol. The summed E-state index contributed by atoms with van der Waals surface area (Å²) >= 11 is 0. The van der Waals surface area contributed by atoms with Crippen molar-refractivity contribution in [3.63, 3.8) is 0 Å². The summed E-state index contributed by atoms with van der Waals surface area (Å²) < 4.78 is 44.2. The number of alkyl halides is 3. The molecule has 0 bridgehead atoms. The minimum Gasteiger partial charge on any atom is -0.380 e. The van der Waals surface area contributed by atoms with Gasteiger partial charge in [-0.2, -0.15) is 13.2 Å². The fraction of sp³-hybridized carbons (Fsp3) is 0.500. The van der Waals surface area contributed by atoms with E-state index in [1.54, 1.807) is 0 Å². The number of anilines is 1. The van der Waals surface area contributed by atoms with Crippen LogP contribution in [0.3, 0.4) is 0 Å². The van der Waals surface area contributed by atoms with Crippen molar-refractivity contribution in [2.45, 2.75) is 31.7 Å². The van der Waals surface area contributed by atoms with Gasteiger partial charge in [0.05, 0.1) is 12.2 Å². The van der Waals surface area contributed by atoms with E-state index in [1.807, 2.05) is 0 Å². The van der Waals surface area contributed by atoms with Crippen LogP contribution in [0.5, 0.6) is 0 Å². The molecule has 1 aliphatic carbocycles. The molecule has 138 valence electrons. The van der Waals surface area contributed by atoms with E-state index in [0.29, 0.717) is 12.8 Å². The van der Waals surface area contributed by atoms with Crippen molar-refractivity contribution in [3.8, 4) is 0 Å². The van der Waals surface area contributed by atoms with Gasteiger partial charge in [-0.3, -0.25) is 4.79 Å². The van der Waals surface area contributed by atoms with Crippen molar-refractivity contribution in [2.24, 2.45) is 11.7 Å². The number of methoxy groups -OCH3 is 1. The Hall–Kier alpha value is -2.29.